The molecule has 0 spiro atoms. The van der Waals surface area contributed by atoms with Crippen molar-refractivity contribution in [2.75, 3.05) is 5.75 Å². The van der Waals surface area contributed by atoms with E-state index in [9.17, 15) is 34.8 Å². The van der Waals surface area contributed by atoms with E-state index in [1.165, 1.54) is 0 Å². The Morgan fingerprint density at radius 1 is 1.00 bits per heavy atom. The van der Waals surface area contributed by atoms with Crippen LogP contribution >= 0.6 is 23.6 Å². The topological polar surface area (TPSA) is 57.6 Å². The molecule has 0 aliphatic carbocycles. The molecule has 0 unspecified atom stereocenters. The maximum atomic E-state index is 12.3. The summed E-state index contributed by atoms with van der Waals surface area (Å²) in [6, 6.07) is 0. The minimum Gasteiger partial charge on any atom is -0.285 e. The van der Waals surface area contributed by atoms with Gasteiger partial charge in [0.05, 0.1) is 0 Å². The first-order chi connectivity index (χ1) is 7.15. The first-order valence-corrected chi connectivity index (χ1v) is 5.64. The first-order valence-electron chi connectivity index (χ1n) is 3.35. The van der Waals surface area contributed by atoms with Crippen molar-refractivity contribution in [3.8, 4) is 0 Å². The number of nitrogens with zero attached hydrogens (tertiary/aromatic N) is 1. The third-order valence-electron chi connectivity index (χ3n) is 1.62. The third kappa shape index (κ3) is 3.50. The summed E-state index contributed by atoms with van der Waals surface area (Å²) in [4.78, 5) is 0. The Hall–Kier alpha value is 0.0300. The lowest BCUT2D eigenvalue weighted by atomic mass is 10.0. The van der Waals surface area contributed by atoms with E-state index in [0.29, 0.717) is 0 Å². The molecule has 0 amide bonds. The van der Waals surface area contributed by atoms with Crippen LogP contribution in [0.1, 0.15) is 0 Å². The summed E-state index contributed by atoms with van der Waals surface area (Å²) in [6.45, 7) is 0. The smallest absolute Gasteiger partial charge is 0.285 e. The SMILES string of the molecule is O=S(=O)(O)CC(N(Cl)Cl)(C(F)(F)F)C(F)(F)F. The highest BCUT2D eigenvalue weighted by Crippen LogP contribution is 2.49. The molecule has 0 atom stereocenters. The van der Waals surface area contributed by atoms with Gasteiger partial charge in [-0.25, -0.2) is 0 Å². The molecule has 0 aliphatic rings. The largest absolute Gasteiger partial charge is 0.419 e. The van der Waals surface area contributed by atoms with Crippen LogP contribution in [0, 0.1) is 0 Å². The van der Waals surface area contributed by atoms with Crippen molar-refractivity contribution in [3.63, 3.8) is 0 Å². The van der Waals surface area contributed by atoms with Crippen molar-refractivity contribution in [2.45, 2.75) is 17.9 Å². The first kappa shape index (κ1) is 17.0. The lowest BCUT2D eigenvalue weighted by Crippen LogP contribution is -2.66. The normalized spacial score (nSPS) is 15.4. The molecule has 104 valence electrons. The fourth-order valence-electron chi connectivity index (χ4n) is 0.829. The van der Waals surface area contributed by atoms with Gasteiger partial charge < -0.3 is 0 Å². The van der Waals surface area contributed by atoms with Crippen LogP contribution in [0.2, 0.25) is 0 Å². The zero-order valence-electron chi connectivity index (χ0n) is 7.35. The predicted molar refractivity (Wildman–Crippen MR) is 44.8 cm³/mol. The average Bonchev–Trinajstić information content (AvgIpc) is 1.92. The molecule has 0 saturated heterocycles. The van der Waals surface area contributed by atoms with Gasteiger partial charge in [-0.15, -0.1) is 3.94 Å². The van der Waals surface area contributed by atoms with Gasteiger partial charge in [-0.05, 0) is 23.6 Å². The standard InChI is InChI=1S/C4H3Cl2F6NO3S/c5-13(6)2(3(7,8)9,4(10,11)12)1-17(14,15)16/h1H2,(H,14,15,16). The Bertz CT molecular complexity index is 362. The Balaban J connectivity index is 5.97. The zero-order chi connectivity index (χ0) is 14.3. The molecule has 0 bridgehead atoms. The van der Waals surface area contributed by atoms with E-state index in [2.05, 4.69) is 23.6 Å². The highest BCUT2D eigenvalue weighted by Gasteiger charge is 2.75. The quantitative estimate of drug-likeness (QED) is 0.490. The maximum Gasteiger partial charge on any atom is 0.419 e. The third-order valence-corrected chi connectivity index (χ3v) is 2.98. The van der Waals surface area contributed by atoms with Gasteiger partial charge in [0.15, 0.2) is 0 Å². The molecule has 4 nitrogen and oxygen atoms in total. The zero-order valence-corrected chi connectivity index (χ0v) is 9.68. The van der Waals surface area contributed by atoms with Gasteiger partial charge in [0.25, 0.3) is 15.7 Å². The van der Waals surface area contributed by atoms with Crippen molar-refractivity contribution < 1.29 is 39.3 Å². The molecule has 13 heteroatoms. The van der Waals surface area contributed by atoms with E-state index in [-0.39, 0.29) is 0 Å². The maximum absolute atomic E-state index is 12.3. The summed E-state index contributed by atoms with van der Waals surface area (Å²) < 4.78 is 101. The summed E-state index contributed by atoms with van der Waals surface area (Å²) >= 11 is 8.92. The van der Waals surface area contributed by atoms with Gasteiger partial charge in [0.2, 0.25) is 0 Å². The van der Waals surface area contributed by atoms with Crippen LogP contribution in [0.4, 0.5) is 26.3 Å². The highest BCUT2D eigenvalue weighted by atomic mass is 35.5. The van der Waals surface area contributed by atoms with Crippen LogP contribution in [0.5, 0.6) is 0 Å². The molecule has 0 fully saturated rings. The molecule has 1 N–H and O–H groups in total. The summed E-state index contributed by atoms with van der Waals surface area (Å²) in [5.41, 5.74) is -5.11. The average molecular weight is 330 g/mol. The monoisotopic (exact) mass is 329 g/mol. The summed E-state index contributed by atoms with van der Waals surface area (Å²) in [5.74, 6) is -2.78. The Morgan fingerprint density at radius 3 is 1.35 bits per heavy atom. The van der Waals surface area contributed by atoms with Crippen LogP contribution in [-0.2, 0) is 10.1 Å². The summed E-state index contributed by atoms with van der Waals surface area (Å²) in [5, 5.41) is 0. The van der Waals surface area contributed by atoms with Crippen molar-refractivity contribution in [2.24, 2.45) is 0 Å². The predicted octanol–water partition coefficient (Wildman–Crippen LogP) is 2.35. The molecular weight excluding hydrogens is 327 g/mol. The van der Waals surface area contributed by atoms with Crippen LogP contribution in [0.25, 0.3) is 0 Å². The molecule has 0 aromatic heterocycles. The molecule has 0 aromatic carbocycles. The minimum absolute atomic E-state index is 1.39. The fourth-order valence-corrected chi connectivity index (χ4v) is 2.46. The van der Waals surface area contributed by atoms with Gasteiger partial charge >= 0.3 is 12.4 Å². The molecule has 0 radical (unpaired) electrons. The van der Waals surface area contributed by atoms with E-state index in [4.69, 9.17) is 4.55 Å². The van der Waals surface area contributed by atoms with Gasteiger partial charge in [-0.1, -0.05) is 0 Å². The molecule has 0 aromatic rings. The van der Waals surface area contributed by atoms with Gasteiger partial charge in [0.1, 0.15) is 5.75 Å². The van der Waals surface area contributed by atoms with Gasteiger partial charge in [-0.3, -0.25) is 4.55 Å². The highest BCUT2D eigenvalue weighted by molar-refractivity contribution is 7.85. The van der Waals surface area contributed by atoms with Crippen molar-refractivity contribution in [1.82, 2.24) is 3.94 Å². The number of alkyl halides is 6. The second-order valence-corrected chi connectivity index (χ2v) is 5.12. The Kier molecular flexibility index (Phi) is 4.62. The number of hydrogen-bond acceptors (Lipinski definition) is 3. The summed E-state index contributed by atoms with van der Waals surface area (Å²) in [6.07, 6.45) is -12.4. The van der Waals surface area contributed by atoms with E-state index < -0.39 is 37.7 Å². The van der Waals surface area contributed by atoms with Gasteiger partial charge in [0, 0.05) is 0 Å². The molecule has 0 aliphatic heterocycles. The van der Waals surface area contributed by atoms with E-state index in [1.54, 1.807) is 0 Å². The van der Waals surface area contributed by atoms with Crippen LogP contribution in [0.3, 0.4) is 0 Å². The van der Waals surface area contributed by atoms with Crippen molar-refractivity contribution in [3.05, 3.63) is 0 Å². The number of rotatable bonds is 3. The summed E-state index contributed by atoms with van der Waals surface area (Å²) in [7, 11) is -5.64. The van der Waals surface area contributed by atoms with Crippen molar-refractivity contribution in [1.29, 1.82) is 0 Å². The number of hydrogen-bond donors (Lipinski definition) is 1. The lowest BCUT2D eigenvalue weighted by molar-refractivity contribution is -0.310. The van der Waals surface area contributed by atoms with Gasteiger partial charge in [-0.2, -0.15) is 34.8 Å². The van der Waals surface area contributed by atoms with E-state index in [1.807, 2.05) is 0 Å². The Morgan fingerprint density at radius 2 is 1.29 bits per heavy atom. The fraction of sp³-hybridized carbons (Fsp3) is 1.00. The van der Waals surface area contributed by atoms with E-state index in [0.717, 1.165) is 0 Å². The minimum atomic E-state index is -6.18. The number of halogens is 8. The van der Waals surface area contributed by atoms with E-state index >= 15 is 0 Å². The lowest BCUT2D eigenvalue weighted by Gasteiger charge is -2.37. The molecule has 0 saturated carbocycles. The van der Waals surface area contributed by atoms with Crippen LogP contribution < -0.4 is 0 Å². The molecule has 0 rings (SSSR count). The van der Waals surface area contributed by atoms with Crippen LogP contribution in [-0.4, -0.2) is 40.6 Å². The second-order valence-electron chi connectivity index (χ2n) is 2.81. The van der Waals surface area contributed by atoms with Crippen LogP contribution in [0.15, 0.2) is 0 Å². The molecule has 17 heavy (non-hydrogen) atoms. The van der Waals surface area contributed by atoms with Crippen molar-refractivity contribution >= 4 is 33.7 Å². The second kappa shape index (κ2) is 4.61. The molecular formula is C4H3Cl2F6NO3S. The Labute approximate surface area is 101 Å². The molecule has 0 heterocycles.